The molecular formula is C22H24F2N4O2. The van der Waals surface area contributed by atoms with E-state index in [4.69, 9.17) is 0 Å². The number of pyridine rings is 1. The van der Waals surface area contributed by atoms with E-state index in [0.717, 1.165) is 25.0 Å². The van der Waals surface area contributed by atoms with E-state index < -0.39 is 17.5 Å². The van der Waals surface area contributed by atoms with E-state index in [1.165, 1.54) is 6.07 Å². The van der Waals surface area contributed by atoms with Gasteiger partial charge in [0.15, 0.2) is 0 Å². The highest BCUT2D eigenvalue weighted by Crippen LogP contribution is 2.23. The molecule has 1 aromatic carbocycles. The molecule has 8 heteroatoms. The minimum Gasteiger partial charge on any atom is -0.353 e. The molecule has 2 aliphatic heterocycles. The fourth-order valence-electron chi connectivity index (χ4n) is 4.12. The van der Waals surface area contributed by atoms with Crippen LogP contribution in [0.25, 0.3) is 0 Å². The first kappa shape index (κ1) is 20.3. The second kappa shape index (κ2) is 8.77. The van der Waals surface area contributed by atoms with Gasteiger partial charge in [0.25, 0.3) is 5.91 Å². The van der Waals surface area contributed by atoms with E-state index in [0.29, 0.717) is 45.1 Å². The third-order valence-electron chi connectivity index (χ3n) is 5.86. The normalized spacial score (nSPS) is 17.9. The Morgan fingerprint density at radius 2 is 1.63 bits per heavy atom. The Kier molecular flexibility index (Phi) is 5.92. The number of benzene rings is 1. The summed E-state index contributed by atoms with van der Waals surface area (Å²) in [5, 5.41) is 0. The number of hydrogen-bond acceptors (Lipinski definition) is 4. The molecule has 0 aliphatic carbocycles. The highest BCUT2D eigenvalue weighted by atomic mass is 19.1. The van der Waals surface area contributed by atoms with E-state index in [-0.39, 0.29) is 17.4 Å². The summed E-state index contributed by atoms with van der Waals surface area (Å²) in [5.74, 6) is -1.11. The highest BCUT2D eigenvalue weighted by molar-refractivity contribution is 5.94. The molecule has 0 saturated carbocycles. The molecule has 0 radical (unpaired) electrons. The molecule has 2 aliphatic rings. The Bertz CT molecular complexity index is 909. The topological polar surface area (TPSA) is 56.8 Å². The van der Waals surface area contributed by atoms with Crippen LogP contribution in [0.2, 0.25) is 0 Å². The lowest BCUT2D eigenvalue weighted by molar-refractivity contribution is -0.137. The summed E-state index contributed by atoms with van der Waals surface area (Å²) in [6, 6.07) is 8.77. The Balaban J connectivity index is 1.29. The summed E-state index contributed by atoms with van der Waals surface area (Å²) in [4.78, 5) is 35.4. The van der Waals surface area contributed by atoms with Gasteiger partial charge in [-0.15, -0.1) is 0 Å². The number of carbonyl (C=O) groups is 2. The Labute approximate surface area is 174 Å². The van der Waals surface area contributed by atoms with Gasteiger partial charge in [-0.2, -0.15) is 0 Å². The summed E-state index contributed by atoms with van der Waals surface area (Å²) in [6.07, 6.45) is 2.86. The molecule has 0 N–H and O–H groups in total. The minimum absolute atomic E-state index is 0.121. The fraction of sp³-hybridized carbons (Fsp3) is 0.409. The number of piperazine rings is 1. The lowest BCUT2D eigenvalue weighted by Crippen LogP contribution is -2.52. The van der Waals surface area contributed by atoms with Crippen LogP contribution in [0, 0.1) is 17.6 Å². The number of hydrogen-bond donors (Lipinski definition) is 0. The number of nitrogens with zero attached hydrogens (tertiary/aromatic N) is 4. The van der Waals surface area contributed by atoms with Gasteiger partial charge in [0.2, 0.25) is 5.91 Å². The van der Waals surface area contributed by atoms with Crippen molar-refractivity contribution >= 4 is 17.6 Å². The number of rotatable bonds is 3. The summed E-state index contributed by atoms with van der Waals surface area (Å²) >= 11 is 0. The molecule has 0 spiro atoms. The molecule has 2 fully saturated rings. The third-order valence-corrected chi connectivity index (χ3v) is 5.86. The molecule has 2 aromatic rings. The lowest BCUT2D eigenvalue weighted by atomic mass is 9.94. The van der Waals surface area contributed by atoms with Gasteiger partial charge < -0.3 is 14.7 Å². The SMILES string of the molecule is O=C(c1ccc(F)cc1F)N1CCC(C(=O)N2CCN(c3ccccn3)CC2)CC1. The van der Waals surface area contributed by atoms with Crippen molar-refractivity contribution in [2.24, 2.45) is 5.92 Å². The average Bonchev–Trinajstić information content (AvgIpc) is 2.79. The van der Waals surface area contributed by atoms with Gasteiger partial charge >= 0.3 is 0 Å². The monoisotopic (exact) mass is 414 g/mol. The van der Waals surface area contributed by atoms with Crippen LogP contribution in [0.1, 0.15) is 23.2 Å². The van der Waals surface area contributed by atoms with Crippen LogP contribution >= 0.6 is 0 Å². The number of likely N-dealkylation sites (tertiary alicyclic amines) is 1. The average molecular weight is 414 g/mol. The van der Waals surface area contributed by atoms with Gasteiger partial charge in [-0.05, 0) is 37.1 Å². The third kappa shape index (κ3) is 4.27. The molecule has 4 rings (SSSR count). The van der Waals surface area contributed by atoms with Crippen molar-refractivity contribution in [3.8, 4) is 0 Å². The van der Waals surface area contributed by atoms with Gasteiger partial charge in [-0.25, -0.2) is 13.8 Å². The fourth-order valence-corrected chi connectivity index (χ4v) is 4.12. The van der Waals surface area contributed by atoms with E-state index in [1.54, 1.807) is 11.1 Å². The molecule has 30 heavy (non-hydrogen) atoms. The van der Waals surface area contributed by atoms with E-state index in [9.17, 15) is 18.4 Å². The van der Waals surface area contributed by atoms with E-state index in [2.05, 4.69) is 9.88 Å². The summed E-state index contributed by atoms with van der Waals surface area (Å²) in [5.41, 5.74) is -0.133. The summed E-state index contributed by atoms with van der Waals surface area (Å²) < 4.78 is 27.0. The first-order valence-corrected chi connectivity index (χ1v) is 10.2. The second-order valence-electron chi connectivity index (χ2n) is 7.69. The number of halogens is 2. The van der Waals surface area contributed by atoms with E-state index in [1.807, 2.05) is 23.1 Å². The Hall–Kier alpha value is -3.03. The van der Waals surface area contributed by atoms with Crippen molar-refractivity contribution in [2.75, 3.05) is 44.2 Å². The largest absolute Gasteiger partial charge is 0.353 e. The van der Waals surface area contributed by atoms with Crippen LogP contribution in [0.4, 0.5) is 14.6 Å². The highest BCUT2D eigenvalue weighted by Gasteiger charge is 2.32. The summed E-state index contributed by atoms with van der Waals surface area (Å²) in [7, 11) is 0. The molecule has 1 aromatic heterocycles. The number of anilines is 1. The molecular weight excluding hydrogens is 390 g/mol. The van der Waals surface area contributed by atoms with Crippen LogP contribution in [0.15, 0.2) is 42.6 Å². The minimum atomic E-state index is -0.857. The van der Waals surface area contributed by atoms with Crippen molar-refractivity contribution in [3.05, 3.63) is 59.8 Å². The number of aromatic nitrogens is 1. The Morgan fingerprint density at radius 1 is 0.900 bits per heavy atom. The molecule has 6 nitrogen and oxygen atoms in total. The number of carbonyl (C=O) groups excluding carboxylic acids is 2. The molecule has 3 heterocycles. The van der Waals surface area contributed by atoms with Gasteiger partial charge in [-0.3, -0.25) is 9.59 Å². The number of amides is 2. The van der Waals surface area contributed by atoms with Gasteiger partial charge in [0.1, 0.15) is 17.5 Å². The zero-order valence-electron chi connectivity index (χ0n) is 16.6. The van der Waals surface area contributed by atoms with E-state index >= 15 is 0 Å². The van der Waals surface area contributed by atoms with Crippen molar-refractivity contribution in [3.63, 3.8) is 0 Å². The predicted octanol–water partition coefficient (Wildman–Crippen LogP) is 2.56. The van der Waals surface area contributed by atoms with Crippen LogP contribution in [0.3, 0.4) is 0 Å². The maximum atomic E-state index is 13.9. The zero-order chi connectivity index (χ0) is 21.1. The second-order valence-corrected chi connectivity index (χ2v) is 7.69. The summed E-state index contributed by atoms with van der Waals surface area (Å²) in [6.45, 7) is 3.55. The van der Waals surface area contributed by atoms with Gasteiger partial charge in [0.05, 0.1) is 5.56 Å². The zero-order valence-corrected chi connectivity index (χ0v) is 16.6. The number of piperidine rings is 1. The van der Waals surface area contributed by atoms with Crippen molar-refractivity contribution in [2.45, 2.75) is 12.8 Å². The smallest absolute Gasteiger partial charge is 0.256 e. The van der Waals surface area contributed by atoms with Crippen LogP contribution in [0.5, 0.6) is 0 Å². The Morgan fingerprint density at radius 3 is 2.27 bits per heavy atom. The standard InChI is InChI=1S/C22H24F2N4O2/c23-17-4-5-18(19(24)15-17)22(30)27-9-6-16(7-10-27)21(29)28-13-11-26(12-14-28)20-3-1-2-8-25-20/h1-5,8,15-16H,6-7,9-14H2. The molecule has 0 unspecified atom stereocenters. The van der Waals surface area contributed by atoms with Crippen molar-refractivity contribution < 1.29 is 18.4 Å². The first-order valence-electron chi connectivity index (χ1n) is 10.2. The first-order chi connectivity index (χ1) is 14.5. The molecule has 0 bridgehead atoms. The maximum Gasteiger partial charge on any atom is 0.256 e. The van der Waals surface area contributed by atoms with Gasteiger partial charge in [-0.1, -0.05) is 6.07 Å². The molecule has 0 atom stereocenters. The van der Waals surface area contributed by atoms with Crippen LogP contribution in [-0.2, 0) is 4.79 Å². The van der Waals surface area contributed by atoms with Crippen LogP contribution in [-0.4, -0.2) is 65.9 Å². The van der Waals surface area contributed by atoms with Crippen molar-refractivity contribution in [1.82, 2.24) is 14.8 Å². The van der Waals surface area contributed by atoms with Gasteiger partial charge in [0, 0.05) is 57.4 Å². The quantitative estimate of drug-likeness (QED) is 0.775. The lowest BCUT2D eigenvalue weighted by Gasteiger charge is -2.39. The predicted molar refractivity (Wildman–Crippen MR) is 108 cm³/mol. The van der Waals surface area contributed by atoms with Crippen molar-refractivity contribution in [1.29, 1.82) is 0 Å². The van der Waals surface area contributed by atoms with Crippen LogP contribution < -0.4 is 4.90 Å². The molecule has 2 amide bonds. The molecule has 158 valence electrons. The molecule has 2 saturated heterocycles. The maximum absolute atomic E-state index is 13.9.